The number of nitrogens with zero attached hydrogens (tertiary/aromatic N) is 5. The van der Waals surface area contributed by atoms with Crippen LogP contribution in [0.15, 0.2) is 12.1 Å². The minimum atomic E-state index is 0. The molecule has 0 amide bonds. The van der Waals surface area contributed by atoms with E-state index >= 15 is 0 Å². The van der Waals surface area contributed by atoms with Crippen molar-refractivity contribution in [3.05, 3.63) is 49.8 Å². The molecule has 4 rings (SSSR count). The van der Waals surface area contributed by atoms with Crippen LogP contribution < -0.4 is 0 Å². The summed E-state index contributed by atoms with van der Waals surface area (Å²) in [6, 6.07) is 5.23. The summed E-state index contributed by atoms with van der Waals surface area (Å²) in [5.74, 6) is 0. The van der Waals surface area contributed by atoms with Gasteiger partial charge in [0.2, 0.25) is 0 Å². The molecule has 0 N–H and O–H groups in total. The van der Waals surface area contributed by atoms with Gasteiger partial charge in [0.15, 0.2) is 0 Å². The van der Waals surface area contributed by atoms with Crippen LogP contribution in [0, 0.1) is 0 Å². The summed E-state index contributed by atoms with van der Waals surface area (Å²) in [6.07, 6.45) is 9.62. The number of halogens is 3. The second-order valence-corrected chi connectivity index (χ2v) is 10.5. The van der Waals surface area contributed by atoms with Gasteiger partial charge in [-0.05, 0) is 12.1 Å². The Hall–Kier alpha value is 0.379. The molecule has 2 aliphatic carbocycles. The maximum absolute atomic E-state index is 6.35. The van der Waals surface area contributed by atoms with E-state index in [1.807, 2.05) is 12.1 Å². The molecule has 0 saturated heterocycles. The van der Waals surface area contributed by atoms with Gasteiger partial charge in [0.25, 0.3) is 0 Å². The van der Waals surface area contributed by atoms with Gasteiger partial charge in [-0.3, -0.25) is 4.98 Å². The van der Waals surface area contributed by atoms with Crippen molar-refractivity contribution in [1.82, 2.24) is 4.98 Å². The molecule has 0 radical (unpaired) electrons. The van der Waals surface area contributed by atoms with Gasteiger partial charge in [0.1, 0.15) is 0 Å². The van der Waals surface area contributed by atoms with Gasteiger partial charge >= 0.3 is 33.3 Å². The molecular weight excluding hydrogens is 484 g/mol. The fourth-order valence-electron chi connectivity index (χ4n) is 4.67. The minimum absolute atomic E-state index is 0. The molecule has 3 aliphatic rings. The van der Waals surface area contributed by atoms with E-state index in [0.717, 1.165) is 55.2 Å². The number of pyridine rings is 1. The van der Waals surface area contributed by atoms with Crippen LogP contribution >= 0.6 is 31.8 Å². The minimum Gasteiger partial charge on any atom is 0 e. The summed E-state index contributed by atoms with van der Waals surface area (Å²) in [7, 11) is 9.59. The van der Waals surface area contributed by atoms with Crippen molar-refractivity contribution in [2.75, 3.05) is 13.1 Å². The molecule has 1 aliphatic heterocycles. The molecule has 4 atom stereocenters. The van der Waals surface area contributed by atoms with Crippen LogP contribution in [0.2, 0.25) is 5.02 Å². The molecule has 2 heterocycles. The zero-order valence-electron chi connectivity index (χ0n) is 17.2. The third-order valence-corrected chi connectivity index (χ3v) is 6.31. The van der Waals surface area contributed by atoms with Crippen LogP contribution in [0.3, 0.4) is 0 Å². The van der Waals surface area contributed by atoms with E-state index in [-0.39, 0.29) is 18.8 Å². The zero-order chi connectivity index (χ0) is 21.2. The summed E-state index contributed by atoms with van der Waals surface area (Å²) in [6.45, 7) is 2.91. The molecule has 2 bridgehead atoms. The van der Waals surface area contributed by atoms with Crippen molar-refractivity contribution < 1.29 is 18.8 Å². The Kier molecular flexibility index (Phi) is 11.5. The first-order chi connectivity index (χ1) is 14.7. The first kappa shape index (κ1) is 25.0. The molecule has 9 heteroatoms. The van der Waals surface area contributed by atoms with Crippen molar-refractivity contribution in [2.45, 2.75) is 88.6 Å². The number of aromatic nitrogens is 1. The number of hydrogen-bond donors (Lipinski definition) is 0. The normalized spacial score (nSPS) is 30.5. The number of fused-ring (bicyclic) bond motifs is 4. The van der Waals surface area contributed by atoms with Crippen LogP contribution in [0.1, 0.15) is 68.5 Å². The predicted octanol–water partition coefficient (Wildman–Crippen LogP) is 8.23. The summed E-state index contributed by atoms with van der Waals surface area (Å²) in [5.41, 5.74) is 1.91. The molecule has 2 unspecified atom stereocenters. The maximum atomic E-state index is 6.35. The topological polar surface area (TPSA) is 69.3 Å². The molecule has 0 spiro atoms. The van der Waals surface area contributed by atoms with Gasteiger partial charge < -0.3 is 21.3 Å². The Labute approximate surface area is 206 Å². The van der Waals surface area contributed by atoms with Crippen molar-refractivity contribution in [3.8, 4) is 0 Å². The number of rotatable bonds is 0. The van der Waals surface area contributed by atoms with E-state index in [9.17, 15) is 0 Å². The molecule has 1 aromatic heterocycles. The van der Waals surface area contributed by atoms with Crippen molar-refractivity contribution in [2.24, 2.45) is 0 Å². The monoisotopic (exact) mass is 520 g/mol. The Morgan fingerprint density at radius 3 is 1.50 bits per heavy atom. The van der Waals surface area contributed by atoms with Gasteiger partial charge in [-0.15, -0.1) is 13.1 Å². The molecule has 0 aromatic carbocycles. The second-order valence-electron chi connectivity index (χ2n) is 8.15. The fourth-order valence-corrected chi connectivity index (χ4v) is 4.93. The van der Waals surface area contributed by atoms with E-state index in [4.69, 9.17) is 58.0 Å². The smallest absolute Gasteiger partial charge is 0 e. The van der Waals surface area contributed by atoms with Crippen molar-refractivity contribution in [3.63, 3.8) is 0 Å². The molecule has 179 valence electrons. The molecule has 1 aromatic rings. The van der Waals surface area contributed by atoms with Gasteiger partial charge in [-0.2, -0.15) is 37.3 Å². The Morgan fingerprint density at radius 2 is 1.10 bits per heavy atom. The van der Waals surface area contributed by atoms with Gasteiger partial charge in [-0.1, -0.05) is 63.0 Å². The average Bonchev–Trinajstić information content (AvgIpc) is 2.75. The second kappa shape index (κ2) is 13.8. The van der Waals surface area contributed by atoms with Gasteiger partial charge in [-0.25, -0.2) is 0 Å². The van der Waals surface area contributed by atoms with Crippen molar-refractivity contribution in [1.29, 1.82) is 0 Å². The zero-order valence-corrected chi connectivity index (χ0v) is 20.6. The quantitative estimate of drug-likeness (QED) is 0.317. The van der Waals surface area contributed by atoms with Crippen LogP contribution in [-0.2, 0) is 26.2 Å². The summed E-state index contributed by atoms with van der Waals surface area (Å²) in [4.78, 5) is 4.79. The van der Waals surface area contributed by atoms with Crippen LogP contribution in [-0.4, -0.2) is 42.2 Å². The molecule has 5 nitrogen and oxygen atoms in total. The maximum Gasteiger partial charge on any atom is 0 e. The standard InChI is InChI=1S/C21H30ClN5.2ClH.Mn.4H2/c22-15-11-16-13-25-20-7-3-1-5-18(20)23-9-10-24-19-6-2-4-8-21(19)26-14-17(12-15)27-16;;;;;;;/h11-12,18-21H,1-10,13-14H2;2*1H;;4*1H/q-4;;;+2;;;;/p-2/t18-,19?,20-,21?;;;;;;;/m1......./s1. The average molecular weight is 522 g/mol. The third kappa shape index (κ3) is 8.06. The molecule has 2 saturated carbocycles. The third-order valence-electron chi connectivity index (χ3n) is 6.09. The van der Waals surface area contributed by atoms with E-state index in [2.05, 4.69) is 0 Å². The van der Waals surface area contributed by atoms with Crippen LogP contribution in [0.25, 0.3) is 21.3 Å². The fraction of sp³-hybridized carbons (Fsp3) is 0.762. The van der Waals surface area contributed by atoms with Crippen LogP contribution in [0.5, 0.6) is 0 Å². The SMILES string of the molecule is Clc1cc2nc(c1)C[N-][C@@H]1CCCC[C@H]1[N-]CC[N-]C1CCCCC1[N-]C2.[Cl][Mn][Cl].[HH].[HH].[HH].[HH]. The summed E-state index contributed by atoms with van der Waals surface area (Å²) >= 11 is 6.36. The van der Waals surface area contributed by atoms with E-state index in [0.29, 0.717) is 37.3 Å². The first-order valence-electron chi connectivity index (χ1n) is 10.9. The van der Waals surface area contributed by atoms with Gasteiger partial charge in [0, 0.05) is 22.1 Å². The first-order valence-corrected chi connectivity index (χ1v) is 14.5. The Bertz CT molecular complexity index is 608. The van der Waals surface area contributed by atoms with Gasteiger partial charge in [0.05, 0.1) is 0 Å². The van der Waals surface area contributed by atoms with E-state index in [1.54, 1.807) is 0 Å². The number of hydrogen-bond acceptors (Lipinski definition) is 1. The summed E-state index contributed by atoms with van der Waals surface area (Å²) in [5, 5.41) is 20.6. The largest absolute Gasteiger partial charge is 0 e. The molecular formula is C21H38Cl3MnN5-4. The van der Waals surface area contributed by atoms with Crippen LogP contribution in [0.4, 0.5) is 0 Å². The van der Waals surface area contributed by atoms with E-state index in [1.165, 1.54) is 25.7 Å². The van der Waals surface area contributed by atoms with E-state index < -0.39 is 0 Å². The van der Waals surface area contributed by atoms with Crippen molar-refractivity contribution >= 4 is 31.8 Å². The molecule has 2 fully saturated rings. The summed E-state index contributed by atoms with van der Waals surface area (Å²) < 4.78 is 0. The Balaban J connectivity index is 0. The molecule has 30 heavy (non-hydrogen) atoms. The Morgan fingerprint density at radius 1 is 0.733 bits per heavy atom. The predicted molar refractivity (Wildman–Crippen MR) is 132 cm³/mol.